The Morgan fingerprint density at radius 3 is 2.52 bits per heavy atom. The number of hydrogen-bond donors (Lipinski definition) is 3. The molecule has 1 atom stereocenters. The molecule has 1 fully saturated rings. The summed E-state index contributed by atoms with van der Waals surface area (Å²) in [5.74, 6) is -0.217. The maximum absolute atomic E-state index is 12.2. The predicted octanol–water partition coefficient (Wildman–Crippen LogP) is 2.60. The molecule has 0 radical (unpaired) electrons. The van der Waals surface area contributed by atoms with E-state index >= 15 is 0 Å². The van der Waals surface area contributed by atoms with Gasteiger partial charge >= 0.3 is 12.0 Å². The molecule has 8 heteroatoms. The number of hydrogen-bond acceptors (Lipinski definition) is 4. The van der Waals surface area contributed by atoms with Crippen molar-refractivity contribution in [2.75, 3.05) is 25.5 Å². The zero-order chi connectivity index (χ0) is 19.4. The van der Waals surface area contributed by atoms with E-state index in [9.17, 15) is 14.7 Å². The number of aryl methyl sites for hydroxylation is 1. The molecule has 3 N–H and O–H groups in total. The lowest BCUT2D eigenvalue weighted by molar-refractivity contribution is -0.143. The molecule has 2 heterocycles. The second kappa shape index (κ2) is 8.22. The number of carbonyl (C=O) groups excluding carboxylic acids is 1. The van der Waals surface area contributed by atoms with E-state index in [2.05, 4.69) is 15.3 Å². The van der Waals surface area contributed by atoms with Crippen molar-refractivity contribution in [3.8, 4) is 0 Å². The monoisotopic (exact) mass is 371 g/mol. The number of likely N-dealkylation sites (N-methyl/N-ethyl adjacent to an activating group) is 1. The van der Waals surface area contributed by atoms with E-state index in [-0.39, 0.29) is 6.03 Å². The number of benzene rings is 1. The fourth-order valence-corrected chi connectivity index (χ4v) is 3.33. The number of H-pyrrole nitrogens is 1. The van der Waals surface area contributed by atoms with Gasteiger partial charge in [0.2, 0.25) is 0 Å². The minimum absolute atomic E-state index is 0.111. The third-order valence-corrected chi connectivity index (χ3v) is 4.70. The lowest BCUT2D eigenvalue weighted by Crippen LogP contribution is -2.32. The highest BCUT2D eigenvalue weighted by Gasteiger charge is 2.25. The molecule has 1 unspecified atom stereocenters. The Hall–Kier alpha value is -2.87. The molecule has 2 amide bonds. The smallest absolute Gasteiger partial charge is 0.325 e. The van der Waals surface area contributed by atoms with Gasteiger partial charge in [-0.05, 0) is 44.5 Å². The topological polar surface area (TPSA) is 102 Å². The van der Waals surface area contributed by atoms with Crippen LogP contribution in [-0.4, -0.2) is 57.0 Å². The van der Waals surface area contributed by atoms with Crippen LogP contribution in [0.1, 0.15) is 36.0 Å². The van der Waals surface area contributed by atoms with Crippen LogP contribution in [0.3, 0.4) is 0 Å². The third kappa shape index (κ3) is 4.65. The molecule has 2 aromatic rings. The summed E-state index contributed by atoms with van der Waals surface area (Å²) in [6, 6.07) is 6.04. The number of carbonyl (C=O) groups is 2. The number of anilines is 1. The molecular formula is C19H25N5O3. The van der Waals surface area contributed by atoms with Crippen molar-refractivity contribution in [2.24, 2.45) is 0 Å². The van der Waals surface area contributed by atoms with Gasteiger partial charge in [0.05, 0.1) is 6.54 Å². The van der Waals surface area contributed by atoms with Crippen LogP contribution in [0.25, 0.3) is 0 Å². The molecule has 8 nitrogen and oxygen atoms in total. The SMILES string of the molecule is Cc1cnc(CN(C)C(C(=O)O)c2ccc(NC(=O)N3CCCC3)cc2)[nH]1. The summed E-state index contributed by atoms with van der Waals surface area (Å²) in [7, 11) is 1.75. The van der Waals surface area contributed by atoms with Crippen molar-refractivity contribution in [2.45, 2.75) is 32.4 Å². The van der Waals surface area contributed by atoms with E-state index in [1.165, 1.54) is 0 Å². The number of nitrogens with zero attached hydrogens (tertiary/aromatic N) is 3. The van der Waals surface area contributed by atoms with Crippen LogP contribution in [0.2, 0.25) is 0 Å². The summed E-state index contributed by atoms with van der Waals surface area (Å²) in [5, 5.41) is 12.6. The molecule has 1 aromatic heterocycles. The van der Waals surface area contributed by atoms with E-state index in [1.54, 1.807) is 47.3 Å². The fourth-order valence-electron chi connectivity index (χ4n) is 3.33. The predicted molar refractivity (Wildman–Crippen MR) is 101 cm³/mol. The molecule has 1 aromatic carbocycles. The van der Waals surface area contributed by atoms with Crippen LogP contribution >= 0.6 is 0 Å². The molecule has 1 aliphatic heterocycles. The Morgan fingerprint density at radius 2 is 1.96 bits per heavy atom. The molecule has 0 saturated carbocycles. The summed E-state index contributed by atoms with van der Waals surface area (Å²) in [6.45, 7) is 3.85. The summed E-state index contributed by atoms with van der Waals surface area (Å²) in [6.07, 6.45) is 3.79. The van der Waals surface area contributed by atoms with Crippen molar-refractivity contribution in [3.05, 3.63) is 47.5 Å². The Kier molecular flexibility index (Phi) is 5.75. The van der Waals surface area contributed by atoms with Gasteiger partial charge in [0.25, 0.3) is 0 Å². The van der Waals surface area contributed by atoms with Crippen LogP contribution in [-0.2, 0) is 11.3 Å². The number of nitrogens with one attached hydrogen (secondary N) is 2. The first-order valence-electron chi connectivity index (χ1n) is 9.03. The lowest BCUT2D eigenvalue weighted by Gasteiger charge is -2.24. The van der Waals surface area contributed by atoms with Crippen molar-refractivity contribution in [1.29, 1.82) is 0 Å². The van der Waals surface area contributed by atoms with Crippen molar-refractivity contribution < 1.29 is 14.7 Å². The van der Waals surface area contributed by atoms with E-state index in [1.807, 2.05) is 6.92 Å². The summed E-state index contributed by atoms with van der Waals surface area (Å²) < 4.78 is 0. The quantitative estimate of drug-likeness (QED) is 0.724. The summed E-state index contributed by atoms with van der Waals surface area (Å²) in [5.41, 5.74) is 2.24. The molecule has 0 spiro atoms. The lowest BCUT2D eigenvalue weighted by atomic mass is 10.1. The van der Waals surface area contributed by atoms with E-state index in [0.29, 0.717) is 17.8 Å². The fraction of sp³-hybridized carbons (Fsp3) is 0.421. The highest BCUT2D eigenvalue weighted by Crippen LogP contribution is 2.23. The molecule has 0 aliphatic carbocycles. The third-order valence-electron chi connectivity index (χ3n) is 4.70. The van der Waals surface area contributed by atoms with E-state index < -0.39 is 12.0 Å². The largest absolute Gasteiger partial charge is 0.480 e. The van der Waals surface area contributed by atoms with Crippen LogP contribution in [0.4, 0.5) is 10.5 Å². The summed E-state index contributed by atoms with van der Waals surface area (Å²) >= 11 is 0. The maximum atomic E-state index is 12.2. The summed E-state index contributed by atoms with van der Waals surface area (Å²) in [4.78, 5) is 34.8. The van der Waals surface area contributed by atoms with Crippen molar-refractivity contribution in [1.82, 2.24) is 19.8 Å². The van der Waals surface area contributed by atoms with Gasteiger partial charge < -0.3 is 20.3 Å². The molecule has 144 valence electrons. The number of urea groups is 1. The minimum Gasteiger partial charge on any atom is -0.480 e. The first-order valence-corrected chi connectivity index (χ1v) is 9.03. The van der Waals surface area contributed by atoms with Gasteiger partial charge in [-0.3, -0.25) is 9.69 Å². The molecule has 27 heavy (non-hydrogen) atoms. The number of likely N-dealkylation sites (tertiary alicyclic amines) is 1. The Bertz CT molecular complexity index is 796. The van der Waals surface area contributed by atoms with Gasteiger partial charge in [-0.15, -0.1) is 0 Å². The average molecular weight is 371 g/mol. The maximum Gasteiger partial charge on any atom is 0.325 e. The number of carboxylic acids is 1. The Balaban J connectivity index is 1.68. The number of carboxylic acid groups (broad SMARTS) is 1. The minimum atomic E-state index is -0.936. The average Bonchev–Trinajstić information content (AvgIpc) is 3.28. The Morgan fingerprint density at radius 1 is 1.30 bits per heavy atom. The highest BCUT2D eigenvalue weighted by atomic mass is 16.4. The second-order valence-electron chi connectivity index (χ2n) is 6.92. The first-order chi connectivity index (χ1) is 12.9. The van der Waals surface area contributed by atoms with Gasteiger partial charge in [-0.25, -0.2) is 9.78 Å². The highest BCUT2D eigenvalue weighted by molar-refractivity contribution is 5.89. The second-order valence-corrected chi connectivity index (χ2v) is 6.92. The van der Waals surface area contributed by atoms with Crippen LogP contribution in [0, 0.1) is 6.92 Å². The molecule has 0 bridgehead atoms. The molecule has 3 rings (SSSR count). The number of aliphatic carboxylic acids is 1. The van der Waals surface area contributed by atoms with Gasteiger partial charge in [-0.1, -0.05) is 12.1 Å². The standard InChI is InChI=1S/C19H25N5O3/c1-13-11-20-16(21-13)12-23(2)17(18(25)26)14-5-7-15(8-6-14)22-19(27)24-9-3-4-10-24/h5-8,11,17H,3-4,9-10,12H2,1-2H3,(H,20,21)(H,22,27)(H,25,26). The van der Waals surface area contributed by atoms with Gasteiger partial charge in [0.1, 0.15) is 11.9 Å². The van der Waals surface area contributed by atoms with Crippen LogP contribution in [0.15, 0.2) is 30.5 Å². The number of amides is 2. The number of rotatable bonds is 6. The number of aromatic nitrogens is 2. The van der Waals surface area contributed by atoms with E-state index in [4.69, 9.17) is 0 Å². The van der Waals surface area contributed by atoms with Crippen molar-refractivity contribution in [3.63, 3.8) is 0 Å². The van der Waals surface area contributed by atoms with Gasteiger partial charge in [0.15, 0.2) is 0 Å². The zero-order valence-electron chi connectivity index (χ0n) is 15.6. The number of imidazole rings is 1. The van der Waals surface area contributed by atoms with Crippen molar-refractivity contribution >= 4 is 17.7 Å². The normalized spacial score (nSPS) is 15.1. The Labute approximate surface area is 158 Å². The molecule has 1 saturated heterocycles. The zero-order valence-corrected chi connectivity index (χ0v) is 15.6. The van der Waals surface area contributed by atoms with Gasteiger partial charge in [0, 0.05) is 30.7 Å². The molecular weight excluding hydrogens is 346 g/mol. The van der Waals surface area contributed by atoms with Crippen LogP contribution in [0.5, 0.6) is 0 Å². The number of aromatic amines is 1. The first kappa shape index (κ1) is 18.9. The van der Waals surface area contributed by atoms with Gasteiger partial charge in [-0.2, -0.15) is 0 Å². The molecule has 1 aliphatic rings. The van der Waals surface area contributed by atoms with E-state index in [0.717, 1.165) is 37.4 Å². The van der Waals surface area contributed by atoms with Crippen LogP contribution < -0.4 is 5.32 Å².